The van der Waals surface area contributed by atoms with Crippen LogP contribution in [0.5, 0.6) is 0 Å². The Morgan fingerprint density at radius 3 is 1.60 bits per heavy atom. The second-order valence-corrected chi connectivity index (χ2v) is 7.63. The largest absolute Gasteiger partial charge is 2.00 e. The third-order valence-corrected chi connectivity index (χ3v) is 3.60. The van der Waals surface area contributed by atoms with E-state index in [9.17, 15) is 22.6 Å². The molecule has 0 fully saturated rings. The van der Waals surface area contributed by atoms with Crippen molar-refractivity contribution in [2.45, 2.75) is 32.6 Å². The molecule has 0 saturated carbocycles. The summed E-state index contributed by atoms with van der Waals surface area (Å²) in [6.07, 6.45) is 0. The Bertz CT molecular complexity index is 679. The Kier molecular flexibility index (Phi) is 10.6. The first kappa shape index (κ1) is 24.6. The van der Waals surface area contributed by atoms with Crippen molar-refractivity contribution in [2.75, 3.05) is 13.2 Å². The molecule has 0 unspecified atom stereocenters. The molecule has 7 nitrogen and oxygen atoms in total. The molecule has 0 aromatic heterocycles. The third kappa shape index (κ3) is 8.72. The summed E-state index contributed by atoms with van der Waals surface area (Å²) in [6.45, 7) is 7.66. The van der Waals surface area contributed by atoms with E-state index in [1.54, 1.807) is 0 Å². The van der Waals surface area contributed by atoms with Gasteiger partial charge in [-0.3, -0.25) is 4.55 Å². The summed E-state index contributed by atoms with van der Waals surface area (Å²) in [7, 11) is -4.59. The molecular formula is C16H24BaO7S. The maximum atomic E-state index is 12.0. The molecular weight excluding hydrogens is 474 g/mol. The maximum absolute atomic E-state index is 12.0. The van der Waals surface area contributed by atoms with Gasteiger partial charge in [0.25, 0.3) is 10.1 Å². The summed E-state index contributed by atoms with van der Waals surface area (Å²) in [6, 6.07) is 3.09. The molecule has 1 aromatic rings. The zero-order valence-corrected chi connectivity index (χ0v) is 20.1. The van der Waals surface area contributed by atoms with E-state index >= 15 is 0 Å². The fourth-order valence-corrected chi connectivity index (χ4v) is 2.19. The number of hydrogen-bond acceptors (Lipinski definition) is 6. The van der Waals surface area contributed by atoms with Crippen molar-refractivity contribution in [1.82, 2.24) is 0 Å². The minimum atomic E-state index is -4.59. The van der Waals surface area contributed by atoms with Gasteiger partial charge < -0.3 is 12.3 Å². The Morgan fingerprint density at radius 1 is 0.960 bits per heavy atom. The van der Waals surface area contributed by atoms with Gasteiger partial charge in [0.2, 0.25) is 0 Å². The van der Waals surface area contributed by atoms with Crippen molar-refractivity contribution < 1.29 is 34.9 Å². The number of carbonyl (C=O) groups is 2. The minimum absolute atomic E-state index is 0. The number of carbonyl (C=O) groups excluding carboxylic acids is 2. The molecule has 0 heterocycles. The molecule has 9 heteroatoms. The molecule has 1 aromatic carbocycles. The van der Waals surface area contributed by atoms with Gasteiger partial charge in [0.1, 0.15) is 0 Å². The number of rotatable bonds is 7. The first-order valence-electron chi connectivity index (χ1n) is 7.47. The predicted molar refractivity (Wildman–Crippen MR) is 94.5 cm³/mol. The Labute approximate surface area is 191 Å². The van der Waals surface area contributed by atoms with Crippen molar-refractivity contribution in [3.05, 3.63) is 29.3 Å². The van der Waals surface area contributed by atoms with Crippen LogP contribution in [0.3, 0.4) is 0 Å². The van der Waals surface area contributed by atoms with Gasteiger partial charge in [-0.05, 0) is 30.0 Å². The van der Waals surface area contributed by atoms with Crippen molar-refractivity contribution >= 4 is 70.9 Å². The molecule has 0 aliphatic rings. The van der Waals surface area contributed by atoms with Gasteiger partial charge in [-0.1, -0.05) is 27.7 Å². The summed E-state index contributed by atoms with van der Waals surface area (Å²) >= 11 is 0. The van der Waals surface area contributed by atoms with E-state index < -0.39 is 27.0 Å². The van der Waals surface area contributed by atoms with E-state index in [-0.39, 0.29) is 87.9 Å². The molecule has 25 heavy (non-hydrogen) atoms. The topological polar surface area (TPSA) is 107 Å². The molecule has 0 bridgehead atoms. The van der Waals surface area contributed by atoms with Crippen LogP contribution in [0.2, 0.25) is 0 Å². The quantitative estimate of drug-likeness (QED) is 0.350. The van der Waals surface area contributed by atoms with Gasteiger partial charge in [0.15, 0.2) is 0 Å². The van der Waals surface area contributed by atoms with Crippen LogP contribution in [-0.4, -0.2) is 87.0 Å². The average Bonchev–Trinajstić information content (AvgIpc) is 2.48. The fourth-order valence-electron chi connectivity index (χ4n) is 1.64. The monoisotopic (exact) mass is 498 g/mol. The normalized spacial score (nSPS) is 11.2. The molecule has 1 rings (SSSR count). The van der Waals surface area contributed by atoms with Crippen molar-refractivity contribution in [1.29, 1.82) is 0 Å². The number of hydrogen-bond donors (Lipinski definition) is 1. The average molecular weight is 498 g/mol. The van der Waals surface area contributed by atoms with Crippen LogP contribution in [0.25, 0.3) is 0 Å². The number of ether oxygens (including phenoxy) is 2. The molecule has 0 radical (unpaired) electrons. The smallest absolute Gasteiger partial charge is 1.00 e. The van der Waals surface area contributed by atoms with Crippen molar-refractivity contribution in [3.63, 3.8) is 0 Å². The summed E-state index contributed by atoms with van der Waals surface area (Å²) in [4.78, 5) is 23.5. The van der Waals surface area contributed by atoms with Crippen molar-refractivity contribution in [2.24, 2.45) is 11.8 Å². The van der Waals surface area contributed by atoms with Gasteiger partial charge >= 0.3 is 60.8 Å². The van der Waals surface area contributed by atoms with E-state index in [1.807, 2.05) is 27.7 Å². The summed E-state index contributed by atoms with van der Waals surface area (Å²) < 4.78 is 42.0. The van der Waals surface area contributed by atoms with Crippen LogP contribution < -0.4 is 0 Å². The molecule has 0 aliphatic heterocycles. The Morgan fingerprint density at radius 2 is 1.32 bits per heavy atom. The molecule has 0 spiro atoms. The van der Waals surface area contributed by atoms with Crippen LogP contribution in [-0.2, 0) is 19.6 Å². The molecule has 0 amide bonds. The molecule has 138 valence electrons. The molecule has 1 N–H and O–H groups in total. The van der Waals surface area contributed by atoms with Crippen LogP contribution >= 0.6 is 0 Å². The maximum Gasteiger partial charge on any atom is 2.00 e. The molecule has 0 saturated heterocycles. The van der Waals surface area contributed by atoms with Crippen LogP contribution in [0.15, 0.2) is 23.1 Å². The second kappa shape index (κ2) is 10.7. The molecule has 0 atom stereocenters. The summed E-state index contributed by atoms with van der Waals surface area (Å²) in [5.41, 5.74) is -0.301. The van der Waals surface area contributed by atoms with E-state index in [2.05, 4.69) is 0 Å². The summed E-state index contributed by atoms with van der Waals surface area (Å²) in [5.74, 6) is -1.39. The van der Waals surface area contributed by atoms with E-state index in [4.69, 9.17) is 9.47 Å². The predicted octanol–water partition coefficient (Wildman–Crippen LogP) is 2.40. The van der Waals surface area contributed by atoms with Crippen molar-refractivity contribution in [3.8, 4) is 0 Å². The standard InChI is InChI=1S/C16H22O7S.Ba.2H/c1-10(2)8-22-15(17)12-5-13(16(18)23-9-11(3)4)7-14(6-12)24(19,20)21;;;/h5-7,10-11H,8-9H2,1-4H3,(H,19,20,21);;;/q;+2;2*-1. The molecule has 0 aliphatic carbocycles. The van der Waals surface area contributed by atoms with Gasteiger partial charge in [0, 0.05) is 0 Å². The van der Waals surface area contributed by atoms with Gasteiger partial charge in [0.05, 0.1) is 29.2 Å². The number of benzene rings is 1. The third-order valence-electron chi connectivity index (χ3n) is 2.77. The van der Waals surface area contributed by atoms with Gasteiger partial charge in [-0.15, -0.1) is 0 Å². The second-order valence-electron chi connectivity index (χ2n) is 6.21. The van der Waals surface area contributed by atoms with E-state index in [0.29, 0.717) is 0 Å². The Balaban J connectivity index is -0.00000192. The fraction of sp³-hybridized carbons (Fsp3) is 0.500. The minimum Gasteiger partial charge on any atom is -1.00 e. The van der Waals surface area contributed by atoms with Gasteiger partial charge in [-0.2, -0.15) is 8.42 Å². The zero-order valence-electron chi connectivity index (χ0n) is 16.8. The zero-order chi connectivity index (χ0) is 18.5. The van der Waals surface area contributed by atoms with E-state index in [1.165, 1.54) is 6.07 Å². The van der Waals surface area contributed by atoms with Crippen LogP contribution in [0.4, 0.5) is 0 Å². The SMILES string of the molecule is CC(C)COC(=O)c1cc(C(=O)OCC(C)C)cc(S(=O)(=O)O)c1.[Ba+2].[H-].[H-]. The van der Waals surface area contributed by atoms with Crippen LogP contribution in [0, 0.1) is 11.8 Å². The van der Waals surface area contributed by atoms with Crippen LogP contribution in [0.1, 0.15) is 51.3 Å². The van der Waals surface area contributed by atoms with E-state index in [0.717, 1.165) is 12.1 Å². The summed E-state index contributed by atoms with van der Waals surface area (Å²) in [5, 5.41) is 0. The van der Waals surface area contributed by atoms with Gasteiger partial charge in [-0.25, -0.2) is 9.59 Å². The first-order chi connectivity index (χ1) is 11.0. The number of esters is 2. The Hall–Kier alpha value is -0.359. The first-order valence-corrected chi connectivity index (χ1v) is 8.91.